The summed E-state index contributed by atoms with van der Waals surface area (Å²) < 4.78 is 1.90. The average molecular weight is 273 g/mol. The predicted molar refractivity (Wildman–Crippen MR) is 75.2 cm³/mol. The zero-order valence-corrected chi connectivity index (χ0v) is 11.5. The predicted octanol–water partition coefficient (Wildman–Crippen LogP) is 1.05. The Bertz CT molecular complexity index is 602. The molecule has 20 heavy (non-hydrogen) atoms. The lowest BCUT2D eigenvalue weighted by Crippen LogP contribution is -2.47. The zero-order valence-electron chi connectivity index (χ0n) is 11.5. The fraction of sp³-hybridized carbons (Fsp3) is 0.500. The molecule has 3 rings (SSSR count). The first-order valence-electron chi connectivity index (χ1n) is 7.09. The van der Waals surface area contributed by atoms with Gasteiger partial charge in [0.05, 0.1) is 12.1 Å². The van der Waals surface area contributed by atoms with Crippen molar-refractivity contribution in [3.8, 4) is 0 Å². The molecule has 0 bridgehead atoms. The second kappa shape index (κ2) is 5.58. The van der Waals surface area contributed by atoms with Crippen LogP contribution >= 0.6 is 0 Å². The third-order valence-electron chi connectivity index (χ3n) is 3.71. The van der Waals surface area contributed by atoms with Crippen molar-refractivity contribution < 1.29 is 4.79 Å². The number of amides is 1. The Morgan fingerprint density at radius 1 is 1.45 bits per heavy atom. The van der Waals surface area contributed by atoms with Gasteiger partial charge in [0.15, 0.2) is 11.5 Å². The van der Waals surface area contributed by atoms with E-state index in [2.05, 4.69) is 20.8 Å². The van der Waals surface area contributed by atoms with E-state index in [0.717, 1.165) is 37.3 Å². The monoisotopic (exact) mass is 273 g/mol. The van der Waals surface area contributed by atoms with Crippen molar-refractivity contribution in [2.75, 3.05) is 6.54 Å². The minimum Gasteiger partial charge on any atom is -0.345 e. The standard InChI is InChI=1S/C14H19N5O/c1-10(16-14(20)11-6-2-4-8-15-11)13-18-17-12-7-3-5-9-19(12)13/h3,5,7,9-11,15H,2,4,6,8H2,1H3,(H,16,20)/t10?,11-/m0/s1. The lowest BCUT2D eigenvalue weighted by atomic mass is 10.0. The molecule has 6 heteroatoms. The van der Waals surface area contributed by atoms with E-state index in [4.69, 9.17) is 0 Å². The number of pyridine rings is 1. The summed E-state index contributed by atoms with van der Waals surface area (Å²) in [5, 5.41) is 14.5. The minimum absolute atomic E-state index is 0.0462. The molecular weight excluding hydrogens is 254 g/mol. The van der Waals surface area contributed by atoms with Crippen molar-refractivity contribution in [1.82, 2.24) is 25.2 Å². The summed E-state index contributed by atoms with van der Waals surface area (Å²) in [5.74, 6) is 0.801. The van der Waals surface area contributed by atoms with E-state index in [0.29, 0.717) is 0 Å². The Labute approximate surface area is 117 Å². The Balaban J connectivity index is 1.72. The zero-order chi connectivity index (χ0) is 13.9. The number of nitrogens with zero attached hydrogens (tertiary/aromatic N) is 3. The molecule has 0 spiro atoms. The van der Waals surface area contributed by atoms with Gasteiger partial charge < -0.3 is 10.6 Å². The van der Waals surface area contributed by atoms with Crippen molar-refractivity contribution >= 4 is 11.6 Å². The lowest BCUT2D eigenvalue weighted by Gasteiger charge is -2.24. The molecule has 0 saturated carbocycles. The topological polar surface area (TPSA) is 71.3 Å². The van der Waals surface area contributed by atoms with Gasteiger partial charge in [-0.2, -0.15) is 0 Å². The van der Waals surface area contributed by atoms with Crippen LogP contribution in [0.15, 0.2) is 24.4 Å². The molecule has 0 aliphatic carbocycles. The van der Waals surface area contributed by atoms with Crippen molar-refractivity contribution in [2.45, 2.75) is 38.3 Å². The molecule has 6 nitrogen and oxygen atoms in total. The summed E-state index contributed by atoms with van der Waals surface area (Å²) in [6, 6.07) is 5.50. The number of carbonyl (C=O) groups is 1. The molecule has 106 valence electrons. The summed E-state index contributed by atoms with van der Waals surface area (Å²) in [6.45, 7) is 2.85. The maximum Gasteiger partial charge on any atom is 0.237 e. The van der Waals surface area contributed by atoms with E-state index in [-0.39, 0.29) is 18.0 Å². The van der Waals surface area contributed by atoms with Crippen LogP contribution in [0.2, 0.25) is 0 Å². The van der Waals surface area contributed by atoms with Gasteiger partial charge in [-0.05, 0) is 38.4 Å². The van der Waals surface area contributed by atoms with Gasteiger partial charge in [0.1, 0.15) is 0 Å². The highest BCUT2D eigenvalue weighted by molar-refractivity contribution is 5.82. The van der Waals surface area contributed by atoms with Crippen LogP contribution in [-0.2, 0) is 4.79 Å². The first kappa shape index (κ1) is 13.1. The summed E-state index contributed by atoms with van der Waals surface area (Å²) in [5.41, 5.74) is 0.791. The fourth-order valence-electron chi connectivity index (χ4n) is 2.61. The number of carbonyl (C=O) groups excluding carboxylic acids is 1. The second-order valence-corrected chi connectivity index (χ2v) is 5.22. The lowest BCUT2D eigenvalue weighted by molar-refractivity contribution is -0.124. The van der Waals surface area contributed by atoms with Crippen LogP contribution in [0.5, 0.6) is 0 Å². The second-order valence-electron chi connectivity index (χ2n) is 5.22. The summed E-state index contributed by atoms with van der Waals surface area (Å²) in [7, 11) is 0. The summed E-state index contributed by atoms with van der Waals surface area (Å²) in [4.78, 5) is 12.2. The molecule has 1 aliphatic rings. The molecule has 2 aromatic heterocycles. The molecule has 0 aromatic carbocycles. The van der Waals surface area contributed by atoms with Gasteiger partial charge in [-0.3, -0.25) is 9.20 Å². The van der Waals surface area contributed by atoms with Gasteiger partial charge in [-0.1, -0.05) is 12.5 Å². The van der Waals surface area contributed by atoms with Gasteiger partial charge in [0, 0.05) is 6.20 Å². The molecule has 1 amide bonds. The SMILES string of the molecule is CC(NC(=O)[C@@H]1CCCCN1)c1nnc2ccccn12. The van der Waals surface area contributed by atoms with Gasteiger partial charge in [0.25, 0.3) is 0 Å². The van der Waals surface area contributed by atoms with Crippen LogP contribution in [0.1, 0.15) is 38.1 Å². The number of fused-ring (bicyclic) bond motifs is 1. The highest BCUT2D eigenvalue weighted by Crippen LogP contribution is 2.13. The van der Waals surface area contributed by atoms with E-state index >= 15 is 0 Å². The average Bonchev–Trinajstić information content (AvgIpc) is 2.92. The fourth-order valence-corrected chi connectivity index (χ4v) is 2.61. The molecule has 1 unspecified atom stereocenters. The maximum absolute atomic E-state index is 12.2. The largest absolute Gasteiger partial charge is 0.345 e. The molecule has 1 fully saturated rings. The first-order chi connectivity index (χ1) is 9.75. The van der Waals surface area contributed by atoms with E-state index in [9.17, 15) is 4.79 Å². The van der Waals surface area contributed by atoms with Crippen molar-refractivity contribution in [3.05, 3.63) is 30.2 Å². The molecular formula is C14H19N5O. The van der Waals surface area contributed by atoms with Crippen LogP contribution in [-0.4, -0.2) is 33.1 Å². The Hall–Kier alpha value is -1.95. The number of rotatable bonds is 3. The number of piperidine rings is 1. The summed E-state index contributed by atoms with van der Waals surface area (Å²) in [6.07, 6.45) is 5.06. The molecule has 1 saturated heterocycles. The van der Waals surface area contributed by atoms with Crippen LogP contribution < -0.4 is 10.6 Å². The molecule has 2 atom stereocenters. The summed E-state index contributed by atoms with van der Waals surface area (Å²) >= 11 is 0. The van der Waals surface area contributed by atoms with Crippen molar-refractivity contribution in [3.63, 3.8) is 0 Å². The van der Waals surface area contributed by atoms with Gasteiger partial charge in [0.2, 0.25) is 5.91 Å². The van der Waals surface area contributed by atoms with Crippen LogP contribution in [0.25, 0.3) is 5.65 Å². The molecule has 3 heterocycles. The van der Waals surface area contributed by atoms with Gasteiger partial charge in [-0.25, -0.2) is 0 Å². The highest BCUT2D eigenvalue weighted by atomic mass is 16.2. The first-order valence-corrected chi connectivity index (χ1v) is 7.09. The Morgan fingerprint density at radius 3 is 3.15 bits per heavy atom. The number of hydrogen-bond acceptors (Lipinski definition) is 4. The molecule has 1 aliphatic heterocycles. The van der Waals surface area contributed by atoms with Gasteiger partial charge >= 0.3 is 0 Å². The van der Waals surface area contributed by atoms with Crippen LogP contribution in [0.3, 0.4) is 0 Å². The van der Waals surface area contributed by atoms with Crippen molar-refractivity contribution in [1.29, 1.82) is 0 Å². The van der Waals surface area contributed by atoms with Gasteiger partial charge in [-0.15, -0.1) is 10.2 Å². The number of aromatic nitrogens is 3. The van der Waals surface area contributed by atoms with E-state index in [1.165, 1.54) is 0 Å². The number of hydrogen-bond donors (Lipinski definition) is 2. The molecule has 2 aromatic rings. The van der Waals surface area contributed by atoms with E-state index in [1.807, 2.05) is 35.7 Å². The Morgan fingerprint density at radius 2 is 2.35 bits per heavy atom. The third-order valence-corrected chi connectivity index (χ3v) is 3.71. The number of nitrogens with one attached hydrogen (secondary N) is 2. The quantitative estimate of drug-likeness (QED) is 0.877. The minimum atomic E-state index is -0.163. The van der Waals surface area contributed by atoms with Crippen LogP contribution in [0.4, 0.5) is 0 Å². The normalized spacial score (nSPS) is 20.8. The third kappa shape index (κ3) is 2.51. The van der Waals surface area contributed by atoms with E-state index in [1.54, 1.807) is 0 Å². The van der Waals surface area contributed by atoms with Crippen molar-refractivity contribution in [2.24, 2.45) is 0 Å². The maximum atomic E-state index is 12.2. The Kier molecular flexibility index (Phi) is 3.64. The van der Waals surface area contributed by atoms with Crippen LogP contribution in [0, 0.1) is 0 Å². The van der Waals surface area contributed by atoms with E-state index < -0.39 is 0 Å². The molecule has 2 N–H and O–H groups in total. The highest BCUT2D eigenvalue weighted by Gasteiger charge is 2.23. The smallest absolute Gasteiger partial charge is 0.237 e. The molecule has 0 radical (unpaired) electrons.